The van der Waals surface area contributed by atoms with Crippen LogP contribution >= 0.6 is 0 Å². The Morgan fingerprint density at radius 3 is 2.60 bits per heavy atom. The topological polar surface area (TPSA) is 55.6 Å². The normalized spacial score (nSPS) is 19.1. The number of hydrogen-bond acceptors (Lipinski definition) is 3. The number of amides is 1. The lowest BCUT2D eigenvalue weighted by molar-refractivity contribution is -0.149. The second kappa shape index (κ2) is 6.75. The number of carbonyl (C=O) groups excluding carboxylic acids is 1. The zero-order valence-corrected chi connectivity index (χ0v) is 12.3. The molecule has 0 spiro atoms. The number of nitrogens with zero attached hydrogens (tertiary/aromatic N) is 1. The zero-order chi connectivity index (χ0) is 14.5. The van der Waals surface area contributed by atoms with Crippen molar-refractivity contribution in [3.8, 4) is 0 Å². The van der Waals surface area contributed by atoms with E-state index in [0.29, 0.717) is 13.2 Å². The minimum absolute atomic E-state index is 0.108. The highest BCUT2D eigenvalue weighted by Crippen LogP contribution is 2.18. The molecule has 2 N–H and O–H groups in total. The van der Waals surface area contributed by atoms with E-state index in [1.54, 1.807) is 0 Å². The van der Waals surface area contributed by atoms with Gasteiger partial charge < -0.3 is 15.4 Å². The van der Waals surface area contributed by atoms with Crippen LogP contribution in [0.15, 0.2) is 24.3 Å². The Morgan fingerprint density at radius 2 is 2.05 bits per heavy atom. The number of nitrogen functional groups attached to an aromatic ring is 1. The van der Waals surface area contributed by atoms with E-state index in [0.717, 1.165) is 30.5 Å². The molecule has 1 fully saturated rings. The number of carbonyl (C=O) groups is 1. The SMILES string of the molecule is CC(C)N(Cc1ccc(N)cc1)C(=O)C1CCCCO1. The second-order valence-electron chi connectivity index (χ2n) is 5.66. The molecular weight excluding hydrogens is 252 g/mol. The van der Waals surface area contributed by atoms with Gasteiger partial charge in [-0.1, -0.05) is 12.1 Å². The Hall–Kier alpha value is -1.55. The molecule has 1 aromatic carbocycles. The highest BCUT2D eigenvalue weighted by atomic mass is 16.5. The smallest absolute Gasteiger partial charge is 0.252 e. The highest BCUT2D eigenvalue weighted by molar-refractivity contribution is 5.81. The summed E-state index contributed by atoms with van der Waals surface area (Å²) in [5, 5.41) is 0. The second-order valence-corrected chi connectivity index (χ2v) is 5.66. The Bertz CT molecular complexity index is 436. The average molecular weight is 276 g/mol. The Morgan fingerprint density at radius 1 is 1.35 bits per heavy atom. The van der Waals surface area contributed by atoms with Gasteiger partial charge in [0.25, 0.3) is 5.91 Å². The molecule has 1 amide bonds. The summed E-state index contributed by atoms with van der Waals surface area (Å²) in [5.74, 6) is 0.108. The van der Waals surface area contributed by atoms with Crippen molar-refractivity contribution in [3.63, 3.8) is 0 Å². The van der Waals surface area contributed by atoms with E-state index in [9.17, 15) is 4.79 Å². The van der Waals surface area contributed by atoms with Crippen LogP contribution in [0.2, 0.25) is 0 Å². The fraction of sp³-hybridized carbons (Fsp3) is 0.562. The van der Waals surface area contributed by atoms with E-state index in [1.807, 2.05) is 43.0 Å². The molecule has 4 nitrogen and oxygen atoms in total. The van der Waals surface area contributed by atoms with Gasteiger partial charge in [-0.2, -0.15) is 0 Å². The number of benzene rings is 1. The maximum atomic E-state index is 12.6. The van der Waals surface area contributed by atoms with Crippen LogP contribution in [0.4, 0.5) is 5.69 Å². The average Bonchev–Trinajstić information content (AvgIpc) is 2.46. The summed E-state index contributed by atoms with van der Waals surface area (Å²) in [6.07, 6.45) is 2.71. The van der Waals surface area contributed by atoms with E-state index in [4.69, 9.17) is 10.5 Å². The Kier molecular flexibility index (Phi) is 5.01. The van der Waals surface area contributed by atoms with Gasteiger partial charge in [-0.15, -0.1) is 0 Å². The van der Waals surface area contributed by atoms with Crippen LogP contribution in [-0.2, 0) is 16.1 Å². The molecular formula is C16H24N2O2. The van der Waals surface area contributed by atoms with Gasteiger partial charge >= 0.3 is 0 Å². The molecule has 1 saturated heterocycles. The first-order valence-corrected chi connectivity index (χ1v) is 7.34. The lowest BCUT2D eigenvalue weighted by Crippen LogP contribution is -2.44. The minimum Gasteiger partial charge on any atom is -0.399 e. The molecule has 0 aromatic heterocycles. The van der Waals surface area contributed by atoms with Crippen molar-refractivity contribution in [2.75, 3.05) is 12.3 Å². The molecule has 2 rings (SSSR count). The van der Waals surface area contributed by atoms with Gasteiger partial charge in [0.2, 0.25) is 0 Å². The molecule has 0 bridgehead atoms. The summed E-state index contributed by atoms with van der Waals surface area (Å²) in [5.41, 5.74) is 7.53. The van der Waals surface area contributed by atoms with Crippen LogP contribution in [-0.4, -0.2) is 29.6 Å². The number of ether oxygens (including phenoxy) is 1. The first-order valence-electron chi connectivity index (χ1n) is 7.34. The third kappa shape index (κ3) is 3.73. The number of hydrogen-bond donors (Lipinski definition) is 1. The Balaban J connectivity index is 2.06. The number of nitrogens with two attached hydrogens (primary N) is 1. The molecule has 1 aromatic rings. The molecule has 110 valence electrons. The van der Waals surface area contributed by atoms with Crippen LogP contribution in [0, 0.1) is 0 Å². The molecule has 0 saturated carbocycles. The summed E-state index contributed by atoms with van der Waals surface area (Å²) in [4.78, 5) is 14.5. The summed E-state index contributed by atoms with van der Waals surface area (Å²) >= 11 is 0. The molecule has 1 aliphatic rings. The van der Waals surface area contributed by atoms with Crippen molar-refractivity contribution in [1.29, 1.82) is 0 Å². The maximum Gasteiger partial charge on any atom is 0.252 e. The molecule has 1 aliphatic heterocycles. The largest absolute Gasteiger partial charge is 0.399 e. The van der Waals surface area contributed by atoms with Crippen molar-refractivity contribution < 1.29 is 9.53 Å². The van der Waals surface area contributed by atoms with Gasteiger partial charge in [0.15, 0.2) is 0 Å². The summed E-state index contributed by atoms with van der Waals surface area (Å²) in [7, 11) is 0. The lowest BCUT2D eigenvalue weighted by atomic mass is 10.1. The van der Waals surface area contributed by atoms with Gasteiger partial charge in [-0.25, -0.2) is 0 Å². The quantitative estimate of drug-likeness (QED) is 0.860. The fourth-order valence-corrected chi connectivity index (χ4v) is 2.46. The summed E-state index contributed by atoms with van der Waals surface area (Å²) < 4.78 is 5.62. The van der Waals surface area contributed by atoms with Gasteiger partial charge in [0, 0.05) is 24.9 Å². The van der Waals surface area contributed by atoms with Crippen LogP contribution in [0.25, 0.3) is 0 Å². The highest BCUT2D eigenvalue weighted by Gasteiger charge is 2.28. The number of rotatable bonds is 4. The number of anilines is 1. The third-order valence-corrected chi connectivity index (χ3v) is 3.69. The summed E-state index contributed by atoms with van der Waals surface area (Å²) in [6, 6.07) is 7.84. The fourth-order valence-electron chi connectivity index (χ4n) is 2.46. The monoisotopic (exact) mass is 276 g/mol. The molecule has 4 heteroatoms. The third-order valence-electron chi connectivity index (χ3n) is 3.69. The van der Waals surface area contributed by atoms with E-state index in [-0.39, 0.29) is 18.1 Å². The maximum absolute atomic E-state index is 12.6. The minimum atomic E-state index is -0.264. The van der Waals surface area contributed by atoms with E-state index >= 15 is 0 Å². The van der Waals surface area contributed by atoms with E-state index in [1.165, 1.54) is 0 Å². The van der Waals surface area contributed by atoms with Crippen LogP contribution in [0.5, 0.6) is 0 Å². The molecule has 1 atom stereocenters. The van der Waals surface area contributed by atoms with Gasteiger partial charge in [-0.05, 0) is 50.8 Å². The van der Waals surface area contributed by atoms with E-state index in [2.05, 4.69) is 0 Å². The molecule has 20 heavy (non-hydrogen) atoms. The van der Waals surface area contributed by atoms with Crippen molar-refractivity contribution in [3.05, 3.63) is 29.8 Å². The van der Waals surface area contributed by atoms with Crippen LogP contribution in [0.3, 0.4) is 0 Å². The standard InChI is InChI=1S/C16H24N2O2/c1-12(2)18(11-13-6-8-14(17)9-7-13)16(19)15-5-3-4-10-20-15/h6-9,12,15H,3-5,10-11,17H2,1-2H3. The zero-order valence-electron chi connectivity index (χ0n) is 12.3. The van der Waals surface area contributed by atoms with Crippen molar-refractivity contribution in [2.24, 2.45) is 0 Å². The molecule has 1 heterocycles. The van der Waals surface area contributed by atoms with Crippen molar-refractivity contribution >= 4 is 11.6 Å². The lowest BCUT2D eigenvalue weighted by Gasteiger charge is -2.32. The van der Waals surface area contributed by atoms with Gasteiger partial charge in [0.1, 0.15) is 6.10 Å². The van der Waals surface area contributed by atoms with Crippen molar-refractivity contribution in [2.45, 2.75) is 51.8 Å². The van der Waals surface area contributed by atoms with Crippen molar-refractivity contribution in [1.82, 2.24) is 4.90 Å². The predicted molar refractivity (Wildman–Crippen MR) is 80.1 cm³/mol. The molecule has 1 unspecified atom stereocenters. The van der Waals surface area contributed by atoms with Crippen LogP contribution < -0.4 is 5.73 Å². The first kappa shape index (κ1) is 14.9. The molecule has 0 radical (unpaired) electrons. The first-order chi connectivity index (χ1) is 9.58. The Labute approximate surface area is 120 Å². The van der Waals surface area contributed by atoms with Gasteiger partial charge in [-0.3, -0.25) is 4.79 Å². The summed E-state index contributed by atoms with van der Waals surface area (Å²) in [6.45, 7) is 5.39. The predicted octanol–water partition coefficient (Wildman–Crippen LogP) is 2.57. The van der Waals surface area contributed by atoms with E-state index < -0.39 is 0 Å². The van der Waals surface area contributed by atoms with Crippen LogP contribution in [0.1, 0.15) is 38.7 Å². The van der Waals surface area contributed by atoms with Gasteiger partial charge in [0.05, 0.1) is 0 Å². The molecule has 0 aliphatic carbocycles.